The summed E-state index contributed by atoms with van der Waals surface area (Å²) >= 11 is 0. The van der Waals surface area contributed by atoms with Gasteiger partial charge < -0.3 is 15.0 Å². The van der Waals surface area contributed by atoms with Crippen LogP contribution in [0.25, 0.3) is 10.9 Å². The van der Waals surface area contributed by atoms with Crippen molar-refractivity contribution in [2.45, 2.75) is 37.8 Å². The number of ether oxygens (including phenoxy) is 1. The van der Waals surface area contributed by atoms with E-state index in [9.17, 15) is 4.79 Å². The lowest BCUT2D eigenvalue weighted by Crippen LogP contribution is -2.39. The molecule has 0 saturated heterocycles. The minimum absolute atomic E-state index is 0.0374. The van der Waals surface area contributed by atoms with Gasteiger partial charge in [0, 0.05) is 35.6 Å². The summed E-state index contributed by atoms with van der Waals surface area (Å²) < 4.78 is 5.89. The molecule has 1 aliphatic carbocycles. The average Bonchev–Trinajstić information content (AvgIpc) is 3.18. The fraction of sp³-hybridized carbons (Fsp3) is 0.286. The fourth-order valence-electron chi connectivity index (χ4n) is 3.47. The molecule has 136 valence electrons. The summed E-state index contributed by atoms with van der Waals surface area (Å²) in [6, 6.07) is 13.3. The van der Waals surface area contributed by atoms with Gasteiger partial charge in [-0.15, -0.1) is 0 Å². The summed E-state index contributed by atoms with van der Waals surface area (Å²) in [7, 11) is 0. The Labute approximate surface area is 157 Å². The molecule has 1 saturated carbocycles. The van der Waals surface area contributed by atoms with Gasteiger partial charge in [0.15, 0.2) is 0 Å². The maximum absolute atomic E-state index is 12.5. The number of hydrogen-bond acceptors (Lipinski definition) is 4. The molecule has 0 radical (unpaired) electrons. The predicted octanol–water partition coefficient (Wildman–Crippen LogP) is 3.55. The van der Waals surface area contributed by atoms with E-state index in [0.717, 1.165) is 36.6 Å². The van der Waals surface area contributed by atoms with E-state index in [1.54, 1.807) is 12.1 Å². The number of fused-ring (bicyclic) bond motifs is 1. The van der Waals surface area contributed by atoms with E-state index in [4.69, 9.17) is 10.00 Å². The van der Waals surface area contributed by atoms with Gasteiger partial charge >= 0.3 is 0 Å². The van der Waals surface area contributed by atoms with E-state index < -0.39 is 0 Å². The second-order valence-electron chi connectivity index (χ2n) is 6.84. The lowest BCUT2D eigenvalue weighted by Gasteiger charge is -2.29. The molecule has 0 unspecified atom stereocenters. The van der Waals surface area contributed by atoms with Crippen molar-refractivity contribution in [2.75, 3.05) is 0 Å². The molecule has 1 aliphatic rings. The quantitative estimate of drug-likeness (QED) is 0.744. The summed E-state index contributed by atoms with van der Waals surface area (Å²) in [5.74, 6) is 0.505. The smallest absolute Gasteiger partial charge is 0.251 e. The molecule has 1 amide bonds. The van der Waals surface area contributed by atoms with E-state index in [2.05, 4.69) is 15.3 Å². The monoisotopic (exact) mass is 360 g/mol. The highest BCUT2D eigenvalue weighted by atomic mass is 16.5. The van der Waals surface area contributed by atoms with E-state index in [0.29, 0.717) is 17.0 Å². The Kier molecular flexibility index (Phi) is 4.75. The SMILES string of the molecule is N#Cc1ccc(OC2CCC(NC(=O)c3ccc4cc[nH]c4c3)CC2)nc1. The number of aromatic amines is 1. The number of rotatable bonds is 4. The predicted molar refractivity (Wildman–Crippen MR) is 101 cm³/mol. The summed E-state index contributed by atoms with van der Waals surface area (Å²) in [6.45, 7) is 0. The van der Waals surface area contributed by atoms with Gasteiger partial charge in [-0.05, 0) is 55.3 Å². The third-order valence-electron chi connectivity index (χ3n) is 4.98. The molecule has 6 heteroatoms. The number of pyridine rings is 1. The first kappa shape index (κ1) is 17.1. The lowest BCUT2D eigenvalue weighted by molar-refractivity contribution is 0.0890. The summed E-state index contributed by atoms with van der Waals surface area (Å²) in [6.07, 6.45) is 6.95. The van der Waals surface area contributed by atoms with Crippen molar-refractivity contribution in [3.05, 3.63) is 59.9 Å². The highest BCUT2D eigenvalue weighted by molar-refractivity contribution is 5.98. The first-order chi connectivity index (χ1) is 13.2. The molecule has 2 N–H and O–H groups in total. The largest absolute Gasteiger partial charge is 0.474 e. The Morgan fingerprint density at radius 3 is 2.78 bits per heavy atom. The van der Waals surface area contributed by atoms with Crippen LogP contribution in [0.4, 0.5) is 0 Å². The Morgan fingerprint density at radius 2 is 2.04 bits per heavy atom. The fourth-order valence-corrected chi connectivity index (χ4v) is 3.47. The third-order valence-corrected chi connectivity index (χ3v) is 4.98. The minimum Gasteiger partial charge on any atom is -0.474 e. The molecule has 1 aromatic carbocycles. The van der Waals surface area contributed by atoms with Gasteiger partial charge in [-0.3, -0.25) is 4.79 Å². The first-order valence-electron chi connectivity index (χ1n) is 9.12. The highest BCUT2D eigenvalue weighted by Gasteiger charge is 2.24. The standard InChI is InChI=1S/C21H20N4O2/c22-12-14-1-8-20(24-13-14)27-18-6-4-17(5-7-18)25-21(26)16-3-2-15-9-10-23-19(15)11-16/h1-3,8-11,13,17-18,23H,4-7H2,(H,25,26). The molecule has 6 nitrogen and oxygen atoms in total. The number of nitrogens with zero attached hydrogens (tertiary/aromatic N) is 2. The molecule has 1 fully saturated rings. The summed E-state index contributed by atoms with van der Waals surface area (Å²) in [5.41, 5.74) is 2.16. The van der Waals surface area contributed by atoms with Gasteiger partial charge in [0.1, 0.15) is 12.2 Å². The van der Waals surface area contributed by atoms with Crippen LogP contribution in [0.5, 0.6) is 5.88 Å². The van der Waals surface area contributed by atoms with Crippen molar-refractivity contribution in [1.82, 2.24) is 15.3 Å². The van der Waals surface area contributed by atoms with Gasteiger partial charge in [-0.1, -0.05) is 6.07 Å². The number of H-pyrrole nitrogens is 1. The Balaban J connectivity index is 1.29. The van der Waals surface area contributed by atoms with Gasteiger partial charge in [-0.2, -0.15) is 5.26 Å². The van der Waals surface area contributed by atoms with Crippen LogP contribution < -0.4 is 10.1 Å². The molecular formula is C21H20N4O2. The van der Waals surface area contributed by atoms with Crippen LogP contribution in [-0.4, -0.2) is 28.0 Å². The summed E-state index contributed by atoms with van der Waals surface area (Å²) in [5, 5.41) is 13.0. The van der Waals surface area contributed by atoms with Gasteiger partial charge in [0.2, 0.25) is 5.88 Å². The van der Waals surface area contributed by atoms with Crippen LogP contribution in [0.1, 0.15) is 41.6 Å². The van der Waals surface area contributed by atoms with Crippen molar-refractivity contribution in [3.8, 4) is 11.9 Å². The van der Waals surface area contributed by atoms with Crippen molar-refractivity contribution >= 4 is 16.8 Å². The van der Waals surface area contributed by atoms with E-state index >= 15 is 0 Å². The number of carbonyl (C=O) groups is 1. The number of carbonyl (C=O) groups excluding carboxylic acids is 1. The van der Waals surface area contributed by atoms with Crippen LogP contribution in [0.3, 0.4) is 0 Å². The molecule has 27 heavy (non-hydrogen) atoms. The van der Waals surface area contributed by atoms with Gasteiger partial charge in [0.05, 0.1) is 5.56 Å². The molecule has 2 aromatic heterocycles. The van der Waals surface area contributed by atoms with Crippen LogP contribution in [0, 0.1) is 11.3 Å². The third kappa shape index (κ3) is 3.93. The topological polar surface area (TPSA) is 90.8 Å². The molecule has 0 atom stereocenters. The zero-order chi connectivity index (χ0) is 18.6. The Bertz CT molecular complexity index is 979. The number of nitriles is 1. The van der Waals surface area contributed by atoms with Crippen LogP contribution in [0.2, 0.25) is 0 Å². The van der Waals surface area contributed by atoms with Gasteiger partial charge in [-0.25, -0.2) is 4.98 Å². The van der Waals surface area contributed by atoms with E-state index in [1.165, 1.54) is 6.20 Å². The minimum atomic E-state index is -0.0374. The molecule has 0 aliphatic heterocycles. The van der Waals surface area contributed by atoms with E-state index in [1.807, 2.05) is 36.5 Å². The Hall–Kier alpha value is -3.33. The van der Waals surface area contributed by atoms with E-state index in [-0.39, 0.29) is 18.1 Å². The maximum Gasteiger partial charge on any atom is 0.251 e. The molecule has 4 rings (SSSR count). The zero-order valence-corrected chi connectivity index (χ0v) is 14.8. The highest BCUT2D eigenvalue weighted by Crippen LogP contribution is 2.23. The van der Waals surface area contributed by atoms with Crippen molar-refractivity contribution < 1.29 is 9.53 Å². The number of nitrogens with one attached hydrogen (secondary N) is 2. The van der Waals surface area contributed by atoms with Crippen LogP contribution in [-0.2, 0) is 0 Å². The molecule has 0 spiro atoms. The Morgan fingerprint density at radius 1 is 1.19 bits per heavy atom. The summed E-state index contributed by atoms with van der Waals surface area (Å²) in [4.78, 5) is 19.8. The second-order valence-corrected chi connectivity index (χ2v) is 6.84. The normalized spacial score (nSPS) is 19.4. The second kappa shape index (κ2) is 7.50. The van der Waals surface area contributed by atoms with Crippen LogP contribution >= 0.6 is 0 Å². The molecule has 2 heterocycles. The average molecular weight is 360 g/mol. The molecule has 3 aromatic rings. The van der Waals surface area contributed by atoms with Crippen LogP contribution in [0.15, 0.2) is 48.8 Å². The van der Waals surface area contributed by atoms with Crippen molar-refractivity contribution in [3.63, 3.8) is 0 Å². The van der Waals surface area contributed by atoms with Crippen molar-refractivity contribution in [1.29, 1.82) is 5.26 Å². The number of hydrogen-bond donors (Lipinski definition) is 2. The number of aromatic nitrogens is 2. The van der Waals surface area contributed by atoms with Gasteiger partial charge in [0.25, 0.3) is 5.91 Å². The number of benzene rings is 1. The lowest BCUT2D eigenvalue weighted by atomic mass is 9.92. The first-order valence-corrected chi connectivity index (χ1v) is 9.12. The molecular weight excluding hydrogens is 340 g/mol. The maximum atomic E-state index is 12.5. The van der Waals surface area contributed by atoms with Crippen molar-refractivity contribution in [2.24, 2.45) is 0 Å². The number of amides is 1. The molecule has 0 bridgehead atoms. The zero-order valence-electron chi connectivity index (χ0n) is 14.8.